The highest BCUT2D eigenvalue weighted by Crippen LogP contribution is 2.31. The number of halogens is 4. The standard InChI is InChI=1S/C24H22ClF3N4O3/c1-14(24(26,27)28)35-13-15-5-4-6-16(9-15)20-11-21(30-23(34)17-10-22(33)29-12-17)31-32(20)19-8-3-2-7-18(19)25/h2-9,11,14,17H,10,12-13H2,1H3,(H,29,33)(H,30,31,34)/t14-,17+/m1/s1. The number of aromatic nitrogens is 2. The third-order valence-corrected chi connectivity index (χ3v) is 5.89. The molecule has 2 amide bonds. The molecule has 184 valence electrons. The molecule has 2 atom stereocenters. The maximum Gasteiger partial charge on any atom is 0.414 e. The van der Waals surface area contributed by atoms with Crippen molar-refractivity contribution < 1.29 is 27.5 Å². The Morgan fingerprint density at radius 3 is 2.71 bits per heavy atom. The Kier molecular flexibility index (Phi) is 7.13. The number of benzene rings is 2. The zero-order valence-corrected chi connectivity index (χ0v) is 19.4. The molecule has 0 spiro atoms. The van der Waals surface area contributed by atoms with Crippen LogP contribution in [0.1, 0.15) is 18.9 Å². The minimum Gasteiger partial charge on any atom is -0.364 e. The summed E-state index contributed by atoms with van der Waals surface area (Å²) in [5, 5.41) is 10.3. The fourth-order valence-electron chi connectivity index (χ4n) is 3.61. The molecule has 2 N–H and O–H groups in total. The average molecular weight is 507 g/mol. The van der Waals surface area contributed by atoms with Gasteiger partial charge in [0.2, 0.25) is 11.8 Å². The van der Waals surface area contributed by atoms with Gasteiger partial charge in [-0.05, 0) is 30.7 Å². The van der Waals surface area contributed by atoms with Crippen LogP contribution in [0, 0.1) is 5.92 Å². The van der Waals surface area contributed by atoms with Gasteiger partial charge in [-0.25, -0.2) is 4.68 Å². The van der Waals surface area contributed by atoms with E-state index in [1.54, 1.807) is 59.3 Å². The van der Waals surface area contributed by atoms with Crippen LogP contribution in [0.4, 0.5) is 19.0 Å². The van der Waals surface area contributed by atoms with E-state index in [2.05, 4.69) is 15.7 Å². The van der Waals surface area contributed by atoms with E-state index in [4.69, 9.17) is 16.3 Å². The van der Waals surface area contributed by atoms with Gasteiger partial charge in [-0.15, -0.1) is 5.10 Å². The number of amides is 2. The van der Waals surface area contributed by atoms with E-state index in [1.807, 2.05) is 0 Å². The Morgan fingerprint density at radius 2 is 2.03 bits per heavy atom. The molecule has 2 aromatic carbocycles. The number of rotatable bonds is 7. The summed E-state index contributed by atoms with van der Waals surface area (Å²) in [5.74, 6) is -0.794. The number of hydrogen-bond donors (Lipinski definition) is 2. The summed E-state index contributed by atoms with van der Waals surface area (Å²) in [6, 6.07) is 15.5. The van der Waals surface area contributed by atoms with Crippen LogP contribution in [0.2, 0.25) is 5.02 Å². The quantitative estimate of drug-likeness (QED) is 0.485. The first-order valence-electron chi connectivity index (χ1n) is 10.8. The number of anilines is 1. The minimum atomic E-state index is -4.45. The number of carbonyl (C=O) groups excluding carboxylic acids is 2. The molecule has 2 heterocycles. The molecule has 1 saturated heterocycles. The second-order valence-electron chi connectivity index (χ2n) is 8.17. The van der Waals surface area contributed by atoms with Gasteiger partial charge in [0.1, 0.15) is 0 Å². The normalized spacial score (nSPS) is 16.7. The number of nitrogens with zero attached hydrogens (tertiary/aromatic N) is 2. The van der Waals surface area contributed by atoms with Crippen molar-refractivity contribution >= 4 is 29.2 Å². The number of alkyl halides is 3. The van der Waals surface area contributed by atoms with Crippen LogP contribution in [-0.4, -0.2) is 40.4 Å². The zero-order valence-electron chi connectivity index (χ0n) is 18.6. The van der Waals surface area contributed by atoms with Crippen LogP contribution in [0.25, 0.3) is 16.9 Å². The van der Waals surface area contributed by atoms with E-state index in [1.165, 1.54) is 0 Å². The first-order chi connectivity index (χ1) is 16.6. The van der Waals surface area contributed by atoms with Crippen molar-refractivity contribution in [1.82, 2.24) is 15.1 Å². The maximum absolute atomic E-state index is 12.8. The third kappa shape index (κ3) is 5.83. The van der Waals surface area contributed by atoms with Crippen molar-refractivity contribution in [2.24, 2.45) is 5.92 Å². The van der Waals surface area contributed by atoms with Gasteiger partial charge in [0, 0.05) is 24.6 Å². The largest absolute Gasteiger partial charge is 0.414 e. The molecular weight excluding hydrogens is 485 g/mol. The Bertz CT molecular complexity index is 1240. The van der Waals surface area contributed by atoms with Crippen molar-refractivity contribution in [3.63, 3.8) is 0 Å². The lowest BCUT2D eigenvalue weighted by Crippen LogP contribution is -2.28. The van der Waals surface area contributed by atoms with Crippen molar-refractivity contribution in [1.29, 1.82) is 0 Å². The predicted molar refractivity (Wildman–Crippen MR) is 124 cm³/mol. The second kappa shape index (κ2) is 10.1. The maximum atomic E-state index is 12.8. The molecule has 0 saturated carbocycles. The molecule has 11 heteroatoms. The SMILES string of the molecule is C[C@@H](OCc1cccc(-c2cc(NC(=O)[C@@H]3CNC(=O)C3)nn2-c2ccccc2Cl)c1)C(F)(F)F. The van der Waals surface area contributed by atoms with Gasteiger partial charge in [0.25, 0.3) is 0 Å². The summed E-state index contributed by atoms with van der Waals surface area (Å²) < 4.78 is 45.0. The molecule has 1 aromatic heterocycles. The summed E-state index contributed by atoms with van der Waals surface area (Å²) in [5.41, 5.74) is 2.28. The van der Waals surface area contributed by atoms with Gasteiger partial charge in [-0.1, -0.05) is 41.9 Å². The molecule has 1 aliphatic rings. The molecule has 0 bridgehead atoms. The molecule has 0 radical (unpaired) electrons. The van der Waals surface area contributed by atoms with E-state index >= 15 is 0 Å². The highest BCUT2D eigenvalue weighted by Gasteiger charge is 2.36. The molecule has 7 nitrogen and oxygen atoms in total. The smallest absolute Gasteiger partial charge is 0.364 e. The first-order valence-corrected chi connectivity index (χ1v) is 11.2. The van der Waals surface area contributed by atoms with E-state index in [-0.39, 0.29) is 37.2 Å². The van der Waals surface area contributed by atoms with Gasteiger partial charge in [-0.3, -0.25) is 9.59 Å². The van der Waals surface area contributed by atoms with Crippen molar-refractivity contribution in [2.45, 2.75) is 32.2 Å². The van der Waals surface area contributed by atoms with Crippen molar-refractivity contribution in [3.05, 3.63) is 65.2 Å². The molecule has 4 rings (SSSR count). The van der Waals surface area contributed by atoms with Crippen LogP contribution in [0.3, 0.4) is 0 Å². The minimum absolute atomic E-state index is 0.0995. The van der Waals surface area contributed by atoms with Gasteiger partial charge in [0.05, 0.1) is 28.9 Å². The zero-order chi connectivity index (χ0) is 25.2. The van der Waals surface area contributed by atoms with Crippen LogP contribution in [-0.2, 0) is 20.9 Å². The van der Waals surface area contributed by atoms with Crippen LogP contribution in [0.5, 0.6) is 0 Å². The van der Waals surface area contributed by atoms with Gasteiger partial charge >= 0.3 is 6.18 Å². The molecule has 0 unspecified atom stereocenters. The van der Waals surface area contributed by atoms with E-state index < -0.39 is 18.2 Å². The van der Waals surface area contributed by atoms with Crippen LogP contribution >= 0.6 is 11.6 Å². The highest BCUT2D eigenvalue weighted by atomic mass is 35.5. The van der Waals surface area contributed by atoms with Gasteiger partial charge in [0.15, 0.2) is 11.9 Å². The molecule has 35 heavy (non-hydrogen) atoms. The summed E-state index contributed by atoms with van der Waals surface area (Å²) in [6.07, 6.45) is -6.26. The lowest BCUT2D eigenvalue weighted by molar-refractivity contribution is -0.217. The van der Waals surface area contributed by atoms with Crippen LogP contribution < -0.4 is 10.6 Å². The number of nitrogens with one attached hydrogen (secondary N) is 2. The van der Waals surface area contributed by atoms with E-state index in [0.717, 1.165) is 6.92 Å². The van der Waals surface area contributed by atoms with Crippen molar-refractivity contribution in [3.8, 4) is 16.9 Å². The number of hydrogen-bond acceptors (Lipinski definition) is 4. The fourth-order valence-corrected chi connectivity index (χ4v) is 3.83. The summed E-state index contributed by atoms with van der Waals surface area (Å²) >= 11 is 6.39. The Morgan fingerprint density at radius 1 is 1.26 bits per heavy atom. The van der Waals surface area contributed by atoms with Crippen LogP contribution in [0.15, 0.2) is 54.6 Å². The molecule has 1 fully saturated rings. The molecule has 0 aliphatic carbocycles. The van der Waals surface area contributed by atoms with E-state index in [0.29, 0.717) is 27.5 Å². The van der Waals surface area contributed by atoms with Crippen molar-refractivity contribution in [2.75, 3.05) is 11.9 Å². The topological polar surface area (TPSA) is 85.2 Å². The molecule has 3 aromatic rings. The Hall–Kier alpha value is -3.37. The number of para-hydroxylation sites is 1. The number of carbonyl (C=O) groups is 2. The number of ether oxygens (including phenoxy) is 1. The molecule has 1 aliphatic heterocycles. The summed E-state index contributed by atoms with van der Waals surface area (Å²) in [4.78, 5) is 24.1. The predicted octanol–water partition coefficient (Wildman–Crippen LogP) is 4.73. The van der Waals surface area contributed by atoms with Gasteiger partial charge in [-0.2, -0.15) is 13.2 Å². The lowest BCUT2D eigenvalue weighted by atomic mass is 10.1. The summed E-state index contributed by atoms with van der Waals surface area (Å²) in [6.45, 7) is 0.973. The Balaban J connectivity index is 1.65. The fraction of sp³-hybridized carbons (Fsp3) is 0.292. The monoisotopic (exact) mass is 506 g/mol. The Labute approximate surface area is 204 Å². The first kappa shape index (κ1) is 24.7. The average Bonchev–Trinajstić information content (AvgIpc) is 3.44. The second-order valence-corrected chi connectivity index (χ2v) is 8.57. The van der Waals surface area contributed by atoms with E-state index in [9.17, 15) is 22.8 Å². The third-order valence-electron chi connectivity index (χ3n) is 5.57. The highest BCUT2D eigenvalue weighted by molar-refractivity contribution is 6.32. The summed E-state index contributed by atoms with van der Waals surface area (Å²) in [7, 11) is 0. The van der Waals surface area contributed by atoms with Gasteiger partial charge < -0.3 is 15.4 Å². The lowest BCUT2D eigenvalue weighted by Gasteiger charge is -2.16. The molecular formula is C24H22ClF3N4O3.